The van der Waals surface area contributed by atoms with Gasteiger partial charge in [0.25, 0.3) is 0 Å². The van der Waals surface area contributed by atoms with E-state index >= 15 is 0 Å². The van der Waals surface area contributed by atoms with Crippen LogP contribution in [0.1, 0.15) is 26.2 Å². The molecule has 0 aromatic rings. The fourth-order valence-corrected chi connectivity index (χ4v) is 1.98. The molecule has 14 heavy (non-hydrogen) atoms. The van der Waals surface area contributed by atoms with Gasteiger partial charge in [-0.2, -0.15) is 0 Å². The summed E-state index contributed by atoms with van der Waals surface area (Å²) in [5.41, 5.74) is 0.512. The summed E-state index contributed by atoms with van der Waals surface area (Å²) in [6, 6.07) is 0. The third kappa shape index (κ3) is 3.95. The van der Waals surface area contributed by atoms with Gasteiger partial charge < -0.3 is 15.3 Å². The maximum atomic E-state index is 9.60. The van der Waals surface area contributed by atoms with E-state index in [4.69, 9.17) is 0 Å². The lowest BCUT2D eigenvalue weighted by molar-refractivity contribution is 0.115. The lowest BCUT2D eigenvalue weighted by atomic mass is 9.70. The number of likely N-dealkylation sites (N-methyl/N-ethyl adjacent to an activating group) is 1. The Kier molecular flexibility index (Phi) is 4.35. The molecule has 0 aromatic heterocycles. The summed E-state index contributed by atoms with van der Waals surface area (Å²) >= 11 is 0. The number of aliphatic hydroxyl groups excluding tert-OH is 1. The molecule has 0 spiro atoms. The van der Waals surface area contributed by atoms with E-state index in [0.29, 0.717) is 12.0 Å². The number of hydrogen-bond donors (Lipinski definition) is 2. The maximum Gasteiger partial charge on any atom is 0.0791 e. The molecule has 2 N–H and O–H groups in total. The summed E-state index contributed by atoms with van der Waals surface area (Å²) in [4.78, 5) is 2.01. The predicted octanol–water partition coefficient (Wildman–Crippen LogP) is 0.689. The smallest absolute Gasteiger partial charge is 0.0791 e. The fourth-order valence-electron chi connectivity index (χ4n) is 1.98. The van der Waals surface area contributed by atoms with Crippen LogP contribution in [0, 0.1) is 5.41 Å². The molecule has 1 rings (SSSR count). The van der Waals surface area contributed by atoms with Crippen LogP contribution in [-0.4, -0.2) is 49.8 Å². The summed E-state index contributed by atoms with van der Waals surface area (Å²) in [7, 11) is 3.97. The molecule has 1 fully saturated rings. The van der Waals surface area contributed by atoms with Crippen molar-refractivity contribution >= 4 is 0 Å². The van der Waals surface area contributed by atoms with Crippen LogP contribution in [0.5, 0.6) is 0 Å². The van der Waals surface area contributed by atoms with Crippen molar-refractivity contribution in [1.29, 1.82) is 0 Å². The van der Waals surface area contributed by atoms with E-state index in [-0.39, 0.29) is 6.10 Å². The second-order valence-corrected chi connectivity index (χ2v) is 5.21. The third-order valence-electron chi connectivity index (χ3n) is 3.07. The van der Waals surface area contributed by atoms with Crippen molar-refractivity contribution in [2.75, 3.05) is 33.7 Å². The monoisotopic (exact) mass is 200 g/mol. The average molecular weight is 200 g/mol. The van der Waals surface area contributed by atoms with Gasteiger partial charge in [0.05, 0.1) is 6.10 Å². The highest BCUT2D eigenvalue weighted by molar-refractivity contribution is 4.85. The van der Waals surface area contributed by atoms with Crippen LogP contribution in [0.4, 0.5) is 0 Å². The lowest BCUT2D eigenvalue weighted by Gasteiger charge is -2.38. The molecule has 3 nitrogen and oxygen atoms in total. The van der Waals surface area contributed by atoms with Gasteiger partial charge in [0.15, 0.2) is 0 Å². The van der Waals surface area contributed by atoms with Crippen LogP contribution < -0.4 is 5.32 Å². The molecule has 1 aliphatic rings. The molecule has 0 amide bonds. The molecule has 0 saturated heterocycles. The fraction of sp³-hybridized carbons (Fsp3) is 1.00. The van der Waals surface area contributed by atoms with Crippen LogP contribution in [0.2, 0.25) is 0 Å². The Hall–Kier alpha value is -0.120. The van der Waals surface area contributed by atoms with Crippen LogP contribution >= 0.6 is 0 Å². The molecule has 1 unspecified atom stereocenters. The van der Waals surface area contributed by atoms with Crippen molar-refractivity contribution in [3.8, 4) is 0 Å². The first-order chi connectivity index (χ1) is 6.52. The van der Waals surface area contributed by atoms with Crippen molar-refractivity contribution in [2.45, 2.75) is 32.3 Å². The highest BCUT2D eigenvalue weighted by Gasteiger charge is 2.31. The average Bonchev–Trinajstić information content (AvgIpc) is 1.99. The van der Waals surface area contributed by atoms with Gasteiger partial charge >= 0.3 is 0 Å². The van der Waals surface area contributed by atoms with Crippen LogP contribution in [0.15, 0.2) is 0 Å². The first kappa shape index (κ1) is 12.0. The van der Waals surface area contributed by atoms with Gasteiger partial charge in [-0.3, -0.25) is 0 Å². The van der Waals surface area contributed by atoms with E-state index in [1.54, 1.807) is 0 Å². The van der Waals surface area contributed by atoms with Crippen molar-refractivity contribution < 1.29 is 5.11 Å². The zero-order valence-electron chi connectivity index (χ0n) is 9.71. The van der Waals surface area contributed by atoms with Crippen LogP contribution in [-0.2, 0) is 0 Å². The van der Waals surface area contributed by atoms with Crippen LogP contribution in [0.25, 0.3) is 0 Å². The Bertz CT molecular complexity index is 167. The highest BCUT2D eigenvalue weighted by Crippen LogP contribution is 2.39. The van der Waals surface area contributed by atoms with Gasteiger partial charge in [-0.25, -0.2) is 0 Å². The summed E-state index contributed by atoms with van der Waals surface area (Å²) in [5, 5.41) is 13.0. The second kappa shape index (κ2) is 5.10. The quantitative estimate of drug-likeness (QED) is 0.662. The molecule has 0 bridgehead atoms. The Morgan fingerprint density at radius 1 is 1.43 bits per heavy atom. The first-order valence-electron chi connectivity index (χ1n) is 5.55. The van der Waals surface area contributed by atoms with Gasteiger partial charge in [0.1, 0.15) is 0 Å². The Morgan fingerprint density at radius 3 is 2.50 bits per heavy atom. The zero-order valence-corrected chi connectivity index (χ0v) is 9.71. The molecule has 0 aromatic carbocycles. The first-order valence-corrected chi connectivity index (χ1v) is 5.55. The SMILES string of the molecule is CN(C)CC(O)CNCC1(C)CCC1. The predicted molar refractivity (Wildman–Crippen MR) is 59.4 cm³/mol. The van der Waals surface area contributed by atoms with E-state index in [2.05, 4.69) is 12.2 Å². The zero-order chi connectivity index (χ0) is 10.6. The number of nitrogens with one attached hydrogen (secondary N) is 1. The molecule has 1 aliphatic carbocycles. The summed E-state index contributed by atoms with van der Waals surface area (Å²) in [6.45, 7) is 4.83. The van der Waals surface area contributed by atoms with Gasteiger partial charge in [-0.15, -0.1) is 0 Å². The van der Waals surface area contributed by atoms with E-state index in [1.165, 1.54) is 19.3 Å². The summed E-state index contributed by atoms with van der Waals surface area (Å²) < 4.78 is 0. The molecular weight excluding hydrogens is 176 g/mol. The molecular formula is C11H24N2O. The van der Waals surface area contributed by atoms with Gasteiger partial charge in [-0.1, -0.05) is 13.3 Å². The Morgan fingerprint density at radius 2 is 2.07 bits per heavy atom. The molecule has 3 heteroatoms. The lowest BCUT2D eigenvalue weighted by Crippen LogP contribution is -2.42. The van der Waals surface area contributed by atoms with E-state index in [0.717, 1.165) is 13.1 Å². The number of rotatable bonds is 6. The minimum Gasteiger partial charge on any atom is -0.390 e. The standard InChI is InChI=1S/C11H24N2O/c1-11(5-4-6-11)9-12-7-10(14)8-13(2)3/h10,12,14H,4-9H2,1-3H3. The second-order valence-electron chi connectivity index (χ2n) is 5.21. The molecule has 1 atom stereocenters. The van der Waals surface area contributed by atoms with Crippen molar-refractivity contribution in [2.24, 2.45) is 5.41 Å². The van der Waals surface area contributed by atoms with E-state index in [1.807, 2.05) is 19.0 Å². The van der Waals surface area contributed by atoms with Gasteiger partial charge in [0, 0.05) is 19.6 Å². The Balaban J connectivity index is 2.02. The minimum atomic E-state index is -0.242. The number of nitrogens with zero attached hydrogens (tertiary/aromatic N) is 1. The maximum absolute atomic E-state index is 9.60. The normalized spacial score (nSPS) is 22.1. The molecule has 0 heterocycles. The highest BCUT2D eigenvalue weighted by atomic mass is 16.3. The number of aliphatic hydroxyl groups is 1. The third-order valence-corrected chi connectivity index (χ3v) is 3.07. The van der Waals surface area contributed by atoms with E-state index < -0.39 is 0 Å². The molecule has 1 saturated carbocycles. The van der Waals surface area contributed by atoms with Crippen molar-refractivity contribution in [3.05, 3.63) is 0 Å². The molecule has 84 valence electrons. The van der Waals surface area contributed by atoms with Gasteiger partial charge in [0.2, 0.25) is 0 Å². The molecule has 0 aliphatic heterocycles. The van der Waals surface area contributed by atoms with Crippen molar-refractivity contribution in [1.82, 2.24) is 10.2 Å². The summed E-state index contributed by atoms with van der Waals surface area (Å²) in [6.07, 6.45) is 3.81. The number of hydrogen-bond acceptors (Lipinski definition) is 3. The minimum absolute atomic E-state index is 0.242. The largest absolute Gasteiger partial charge is 0.390 e. The van der Waals surface area contributed by atoms with Crippen molar-refractivity contribution in [3.63, 3.8) is 0 Å². The van der Waals surface area contributed by atoms with Crippen LogP contribution in [0.3, 0.4) is 0 Å². The Labute approximate surface area is 87.5 Å². The van der Waals surface area contributed by atoms with Gasteiger partial charge in [-0.05, 0) is 32.4 Å². The van der Waals surface area contributed by atoms with E-state index in [9.17, 15) is 5.11 Å². The topological polar surface area (TPSA) is 35.5 Å². The molecule has 0 radical (unpaired) electrons. The summed E-state index contributed by atoms with van der Waals surface area (Å²) in [5.74, 6) is 0.